The highest BCUT2D eigenvalue weighted by molar-refractivity contribution is 5.66. The van der Waals surface area contributed by atoms with E-state index < -0.39 is 0 Å². The van der Waals surface area contributed by atoms with Crippen molar-refractivity contribution in [3.63, 3.8) is 0 Å². The van der Waals surface area contributed by atoms with Gasteiger partial charge in [0.25, 0.3) is 0 Å². The first-order valence-corrected chi connectivity index (χ1v) is 6.60. The van der Waals surface area contributed by atoms with Crippen molar-refractivity contribution >= 4 is 11.4 Å². The summed E-state index contributed by atoms with van der Waals surface area (Å²) in [6.45, 7) is 2.60. The van der Waals surface area contributed by atoms with Gasteiger partial charge in [0.05, 0.1) is 12.2 Å². The van der Waals surface area contributed by atoms with E-state index in [1.807, 2.05) is 7.05 Å². The van der Waals surface area contributed by atoms with Crippen molar-refractivity contribution < 1.29 is 4.74 Å². The molecule has 0 unspecified atom stereocenters. The maximum Gasteiger partial charge on any atom is 0.144 e. The minimum atomic E-state index is 0.743. The van der Waals surface area contributed by atoms with Crippen LogP contribution in [0.25, 0.3) is 0 Å². The molecule has 0 spiro atoms. The Morgan fingerprint density at radius 3 is 2.79 bits per heavy atom. The molecule has 0 aromatic heterocycles. The van der Waals surface area contributed by atoms with Gasteiger partial charge in [-0.25, -0.2) is 0 Å². The summed E-state index contributed by atoms with van der Waals surface area (Å²) in [5.74, 6) is 0.967. The van der Waals surface area contributed by atoms with E-state index >= 15 is 0 Å². The molecule has 19 heavy (non-hydrogen) atoms. The third-order valence-corrected chi connectivity index (χ3v) is 3.42. The van der Waals surface area contributed by atoms with E-state index in [1.54, 1.807) is 0 Å². The summed E-state index contributed by atoms with van der Waals surface area (Å²) in [6, 6.07) is 16.8. The SMILES string of the molecule is CNc1ccc2c(c1)OCCN2Cc1ccccc1. The quantitative estimate of drug-likeness (QED) is 0.910. The predicted molar refractivity (Wildman–Crippen MR) is 79.0 cm³/mol. The van der Waals surface area contributed by atoms with E-state index in [9.17, 15) is 0 Å². The first kappa shape index (κ1) is 11.9. The molecule has 3 nitrogen and oxygen atoms in total. The van der Waals surface area contributed by atoms with Crippen molar-refractivity contribution in [2.45, 2.75) is 6.54 Å². The van der Waals surface area contributed by atoms with Gasteiger partial charge in [-0.3, -0.25) is 0 Å². The van der Waals surface area contributed by atoms with Gasteiger partial charge in [0.15, 0.2) is 0 Å². The number of rotatable bonds is 3. The molecular formula is C16H18N2O. The molecule has 0 radical (unpaired) electrons. The van der Waals surface area contributed by atoms with Crippen LogP contribution in [0.1, 0.15) is 5.56 Å². The maximum absolute atomic E-state index is 5.75. The average molecular weight is 254 g/mol. The molecule has 3 rings (SSSR count). The van der Waals surface area contributed by atoms with Gasteiger partial charge in [0.2, 0.25) is 0 Å². The highest BCUT2D eigenvalue weighted by atomic mass is 16.5. The lowest BCUT2D eigenvalue weighted by atomic mass is 10.1. The Labute approximate surface area is 113 Å². The Morgan fingerprint density at radius 1 is 1.16 bits per heavy atom. The number of hydrogen-bond acceptors (Lipinski definition) is 3. The van der Waals surface area contributed by atoms with Crippen LogP contribution < -0.4 is 15.0 Å². The van der Waals surface area contributed by atoms with E-state index in [4.69, 9.17) is 4.74 Å². The molecule has 0 amide bonds. The molecule has 1 heterocycles. The summed E-state index contributed by atoms with van der Waals surface area (Å²) < 4.78 is 5.75. The average Bonchev–Trinajstić information content (AvgIpc) is 2.48. The highest BCUT2D eigenvalue weighted by Gasteiger charge is 2.18. The minimum Gasteiger partial charge on any atom is -0.489 e. The first-order valence-electron chi connectivity index (χ1n) is 6.60. The number of hydrogen-bond donors (Lipinski definition) is 1. The first-order chi connectivity index (χ1) is 9.36. The monoisotopic (exact) mass is 254 g/mol. The number of anilines is 2. The molecule has 2 aromatic rings. The van der Waals surface area contributed by atoms with Gasteiger partial charge in [0, 0.05) is 25.3 Å². The van der Waals surface area contributed by atoms with Crippen LogP contribution >= 0.6 is 0 Å². The van der Waals surface area contributed by atoms with Gasteiger partial charge in [-0.05, 0) is 17.7 Å². The summed E-state index contributed by atoms with van der Waals surface area (Å²) in [5.41, 5.74) is 3.59. The van der Waals surface area contributed by atoms with Crippen molar-refractivity contribution in [3.8, 4) is 5.75 Å². The molecule has 0 bridgehead atoms. The second kappa shape index (κ2) is 5.22. The van der Waals surface area contributed by atoms with Gasteiger partial charge < -0.3 is 15.0 Å². The van der Waals surface area contributed by atoms with Crippen molar-refractivity contribution in [1.29, 1.82) is 0 Å². The zero-order valence-electron chi connectivity index (χ0n) is 11.1. The molecule has 3 heteroatoms. The molecule has 0 saturated carbocycles. The second-order valence-electron chi connectivity index (χ2n) is 4.69. The van der Waals surface area contributed by atoms with Crippen LogP contribution in [0.5, 0.6) is 5.75 Å². The van der Waals surface area contributed by atoms with Gasteiger partial charge in [-0.2, -0.15) is 0 Å². The molecule has 1 aliphatic rings. The molecule has 1 aliphatic heterocycles. The van der Waals surface area contributed by atoms with E-state index in [0.717, 1.165) is 31.1 Å². The van der Waals surface area contributed by atoms with Crippen LogP contribution in [0.3, 0.4) is 0 Å². The zero-order chi connectivity index (χ0) is 13.1. The summed E-state index contributed by atoms with van der Waals surface area (Å²) in [4.78, 5) is 2.37. The Balaban J connectivity index is 1.86. The van der Waals surface area contributed by atoms with Gasteiger partial charge in [0.1, 0.15) is 12.4 Å². The van der Waals surface area contributed by atoms with Crippen molar-refractivity contribution in [2.24, 2.45) is 0 Å². The van der Waals surface area contributed by atoms with Crippen LogP contribution in [0.15, 0.2) is 48.5 Å². The topological polar surface area (TPSA) is 24.5 Å². The van der Waals surface area contributed by atoms with E-state index in [2.05, 4.69) is 58.7 Å². The van der Waals surface area contributed by atoms with Gasteiger partial charge >= 0.3 is 0 Å². The van der Waals surface area contributed by atoms with Crippen LogP contribution in [-0.4, -0.2) is 20.2 Å². The Morgan fingerprint density at radius 2 is 2.00 bits per heavy atom. The van der Waals surface area contributed by atoms with Gasteiger partial charge in [-0.1, -0.05) is 30.3 Å². The molecule has 0 fully saturated rings. The molecule has 0 atom stereocenters. The third-order valence-electron chi connectivity index (χ3n) is 3.42. The lowest BCUT2D eigenvalue weighted by Gasteiger charge is -2.31. The number of nitrogens with zero attached hydrogens (tertiary/aromatic N) is 1. The Kier molecular flexibility index (Phi) is 3.27. The number of nitrogens with one attached hydrogen (secondary N) is 1. The van der Waals surface area contributed by atoms with E-state index in [1.165, 1.54) is 11.3 Å². The molecular weight excluding hydrogens is 236 g/mol. The largest absolute Gasteiger partial charge is 0.489 e. The molecule has 0 aliphatic carbocycles. The standard InChI is InChI=1S/C16H18N2O/c1-17-14-7-8-15-16(11-14)19-10-9-18(15)12-13-5-3-2-4-6-13/h2-8,11,17H,9-10,12H2,1H3. The summed E-state index contributed by atoms with van der Waals surface area (Å²) >= 11 is 0. The van der Waals surface area contributed by atoms with Crippen LogP contribution in [0.2, 0.25) is 0 Å². The molecule has 98 valence electrons. The Hall–Kier alpha value is -2.16. The highest BCUT2D eigenvalue weighted by Crippen LogP contribution is 2.34. The normalized spacial score (nSPS) is 13.6. The molecule has 0 saturated heterocycles. The predicted octanol–water partition coefficient (Wildman–Crippen LogP) is 3.13. The molecule has 2 aromatic carbocycles. The molecule has 1 N–H and O–H groups in total. The summed E-state index contributed by atoms with van der Waals surface area (Å²) in [6.07, 6.45) is 0. The van der Waals surface area contributed by atoms with E-state index in [-0.39, 0.29) is 0 Å². The van der Waals surface area contributed by atoms with Crippen LogP contribution in [0.4, 0.5) is 11.4 Å². The van der Waals surface area contributed by atoms with Crippen LogP contribution in [0, 0.1) is 0 Å². The third kappa shape index (κ3) is 2.50. The van der Waals surface area contributed by atoms with Crippen molar-refractivity contribution in [1.82, 2.24) is 0 Å². The fraction of sp³-hybridized carbons (Fsp3) is 0.250. The van der Waals surface area contributed by atoms with Crippen molar-refractivity contribution in [3.05, 3.63) is 54.1 Å². The van der Waals surface area contributed by atoms with Crippen LogP contribution in [-0.2, 0) is 6.54 Å². The number of fused-ring (bicyclic) bond motifs is 1. The summed E-state index contributed by atoms with van der Waals surface area (Å²) in [7, 11) is 1.92. The fourth-order valence-corrected chi connectivity index (χ4v) is 2.40. The van der Waals surface area contributed by atoms with Crippen molar-refractivity contribution in [2.75, 3.05) is 30.4 Å². The lowest BCUT2D eigenvalue weighted by molar-refractivity contribution is 0.307. The number of ether oxygens (including phenoxy) is 1. The lowest BCUT2D eigenvalue weighted by Crippen LogP contribution is -2.32. The maximum atomic E-state index is 5.75. The minimum absolute atomic E-state index is 0.743. The smallest absolute Gasteiger partial charge is 0.144 e. The van der Waals surface area contributed by atoms with Gasteiger partial charge in [-0.15, -0.1) is 0 Å². The van der Waals surface area contributed by atoms with E-state index in [0.29, 0.717) is 0 Å². The fourth-order valence-electron chi connectivity index (χ4n) is 2.40. The zero-order valence-corrected chi connectivity index (χ0v) is 11.1. The Bertz CT molecular complexity index is 554. The second-order valence-corrected chi connectivity index (χ2v) is 4.69. The number of benzene rings is 2. The summed E-state index contributed by atoms with van der Waals surface area (Å²) in [5, 5.41) is 3.14.